The topological polar surface area (TPSA) is 77.8 Å². The summed E-state index contributed by atoms with van der Waals surface area (Å²) < 4.78 is 8.86. The predicted octanol–water partition coefficient (Wildman–Crippen LogP) is 5.66. The third kappa shape index (κ3) is 4.39. The van der Waals surface area contributed by atoms with Gasteiger partial charge in [0.2, 0.25) is 5.88 Å². The van der Waals surface area contributed by atoms with Crippen molar-refractivity contribution in [3.8, 4) is 23.1 Å². The van der Waals surface area contributed by atoms with Crippen molar-refractivity contribution in [3.63, 3.8) is 0 Å². The van der Waals surface area contributed by atoms with Crippen LogP contribution in [0.15, 0.2) is 42.7 Å². The van der Waals surface area contributed by atoms with Crippen molar-refractivity contribution in [1.82, 2.24) is 24.7 Å². The lowest BCUT2D eigenvalue weighted by atomic mass is 9.85. The Morgan fingerprint density at radius 2 is 1.97 bits per heavy atom. The second-order valence-corrected chi connectivity index (χ2v) is 9.17. The van der Waals surface area contributed by atoms with Crippen molar-refractivity contribution >= 4 is 26.7 Å². The minimum atomic E-state index is 0.447. The van der Waals surface area contributed by atoms with Crippen molar-refractivity contribution < 1.29 is 4.74 Å². The van der Waals surface area contributed by atoms with Crippen LogP contribution in [-0.2, 0) is 7.05 Å². The maximum absolute atomic E-state index is 6.03. The second kappa shape index (κ2) is 8.63. The average Bonchev–Trinajstić information content (AvgIpc) is 3.39. The molecular formula is C23H26N6OS. The number of nitrogens with one attached hydrogen (secondary N) is 1. The molecule has 1 N–H and O–H groups in total. The van der Waals surface area contributed by atoms with E-state index in [1.165, 1.54) is 32.1 Å². The number of thiazole rings is 1. The van der Waals surface area contributed by atoms with Gasteiger partial charge in [-0.05, 0) is 43.9 Å². The van der Waals surface area contributed by atoms with E-state index in [-0.39, 0.29) is 0 Å². The molecule has 8 heteroatoms. The zero-order valence-corrected chi connectivity index (χ0v) is 18.6. The molecule has 0 spiro atoms. The third-order valence-electron chi connectivity index (χ3n) is 5.97. The predicted molar refractivity (Wildman–Crippen MR) is 124 cm³/mol. The number of benzene rings is 1. The fourth-order valence-corrected chi connectivity index (χ4v) is 5.20. The van der Waals surface area contributed by atoms with Gasteiger partial charge in [-0.1, -0.05) is 30.6 Å². The van der Waals surface area contributed by atoms with E-state index in [0.717, 1.165) is 32.7 Å². The van der Waals surface area contributed by atoms with Crippen molar-refractivity contribution in [2.75, 3.05) is 5.32 Å². The zero-order chi connectivity index (χ0) is 21.2. The summed E-state index contributed by atoms with van der Waals surface area (Å²) in [7, 11) is 1.87. The molecule has 31 heavy (non-hydrogen) atoms. The lowest BCUT2D eigenvalue weighted by Crippen LogP contribution is -2.27. The Balaban J connectivity index is 1.32. The molecule has 4 aromatic rings. The lowest BCUT2D eigenvalue weighted by Gasteiger charge is -2.28. The van der Waals surface area contributed by atoms with Crippen LogP contribution in [-0.4, -0.2) is 30.8 Å². The average molecular weight is 435 g/mol. The van der Waals surface area contributed by atoms with Gasteiger partial charge in [-0.15, -0.1) is 0 Å². The van der Waals surface area contributed by atoms with E-state index in [1.807, 2.05) is 31.3 Å². The molecule has 1 aliphatic rings. The van der Waals surface area contributed by atoms with Crippen molar-refractivity contribution in [3.05, 3.63) is 42.7 Å². The Bertz CT molecular complexity index is 1180. The van der Waals surface area contributed by atoms with Gasteiger partial charge in [-0.3, -0.25) is 4.68 Å². The summed E-state index contributed by atoms with van der Waals surface area (Å²) in [6.07, 6.45) is 10.1. The van der Waals surface area contributed by atoms with E-state index in [2.05, 4.69) is 27.3 Å². The molecule has 1 unspecified atom stereocenters. The van der Waals surface area contributed by atoms with Crippen molar-refractivity contribution in [2.45, 2.75) is 45.1 Å². The molecule has 7 nitrogen and oxygen atoms in total. The summed E-state index contributed by atoms with van der Waals surface area (Å²) in [5, 5.41) is 8.79. The number of anilines is 1. The van der Waals surface area contributed by atoms with Gasteiger partial charge in [0, 0.05) is 37.6 Å². The lowest BCUT2D eigenvalue weighted by molar-refractivity contribution is 0.328. The van der Waals surface area contributed by atoms with E-state index in [9.17, 15) is 0 Å². The normalized spacial score (nSPS) is 15.8. The fraction of sp³-hybridized carbons (Fsp3) is 0.391. The van der Waals surface area contributed by atoms with E-state index >= 15 is 0 Å². The van der Waals surface area contributed by atoms with Gasteiger partial charge in [-0.2, -0.15) is 10.1 Å². The largest absolute Gasteiger partial charge is 0.439 e. The van der Waals surface area contributed by atoms with Crippen LogP contribution < -0.4 is 10.1 Å². The molecule has 0 aliphatic heterocycles. The highest BCUT2D eigenvalue weighted by Gasteiger charge is 2.21. The van der Waals surface area contributed by atoms with Crippen LogP contribution in [0.1, 0.15) is 39.0 Å². The molecule has 1 aromatic carbocycles. The molecule has 5 rings (SSSR count). The highest BCUT2D eigenvalue weighted by atomic mass is 32.1. The molecule has 160 valence electrons. The molecule has 1 fully saturated rings. The van der Waals surface area contributed by atoms with Crippen molar-refractivity contribution in [2.24, 2.45) is 13.0 Å². The van der Waals surface area contributed by atoms with E-state index in [4.69, 9.17) is 9.72 Å². The van der Waals surface area contributed by atoms with Crippen LogP contribution in [0.3, 0.4) is 0 Å². The first kappa shape index (κ1) is 19.9. The molecule has 0 amide bonds. The molecule has 3 heterocycles. The summed E-state index contributed by atoms with van der Waals surface area (Å²) in [6, 6.07) is 10.0. The molecule has 1 saturated carbocycles. The molecule has 0 saturated heterocycles. The highest BCUT2D eigenvalue weighted by molar-refractivity contribution is 7.22. The Morgan fingerprint density at radius 1 is 1.10 bits per heavy atom. The molecule has 3 aromatic heterocycles. The first-order valence-corrected chi connectivity index (χ1v) is 11.6. The quantitative estimate of drug-likeness (QED) is 0.422. The van der Waals surface area contributed by atoms with Crippen LogP contribution in [0.4, 0.5) is 5.13 Å². The van der Waals surface area contributed by atoms with Gasteiger partial charge in [0.15, 0.2) is 11.0 Å². The van der Waals surface area contributed by atoms with E-state index < -0.39 is 0 Å². The van der Waals surface area contributed by atoms with Crippen LogP contribution >= 0.6 is 11.3 Å². The Kier molecular flexibility index (Phi) is 5.55. The Labute approximate surface area is 185 Å². The third-order valence-corrected chi connectivity index (χ3v) is 6.92. The number of aromatic nitrogens is 5. The number of fused-ring (bicyclic) bond motifs is 1. The number of rotatable bonds is 6. The van der Waals surface area contributed by atoms with Crippen LogP contribution in [0.5, 0.6) is 11.6 Å². The number of ether oxygens (including phenoxy) is 1. The van der Waals surface area contributed by atoms with Crippen LogP contribution in [0.2, 0.25) is 0 Å². The minimum Gasteiger partial charge on any atom is -0.439 e. The molecule has 1 atom stereocenters. The second-order valence-electron chi connectivity index (χ2n) is 8.14. The van der Waals surface area contributed by atoms with Crippen molar-refractivity contribution in [1.29, 1.82) is 0 Å². The minimum absolute atomic E-state index is 0.447. The van der Waals surface area contributed by atoms with Crippen LogP contribution in [0, 0.1) is 5.92 Å². The summed E-state index contributed by atoms with van der Waals surface area (Å²) in [5.41, 5.74) is 1.82. The summed E-state index contributed by atoms with van der Waals surface area (Å²) in [5.74, 6) is 2.56. The van der Waals surface area contributed by atoms with Gasteiger partial charge < -0.3 is 10.1 Å². The number of aryl methyl sites for hydroxylation is 1. The smallest absolute Gasteiger partial charge is 0.222 e. The maximum atomic E-state index is 6.03. The fourth-order valence-electron chi connectivity index (χ4n) is 4.21. The molecule has 0 bridgehead atoms. The summed E-state index contributed by atoms with van der Waals surface area (Å²) in [4.78, 5) is 13.6. The standard InChI is InChI=1S/C23H26N6OS/c1-15(16-6-4-3-5-7-16)26-23-27-18-9-8-17(14-20(18)31-23)30-21-11-12-24-22(28-21)19-10-13-25-29(19)2/h8-16H,3-7H2,1-2H3,(H,26,27). The number of hydrogen-bond donors (Lipinski definition) is 1. The van der Waals surface area contributed by atoms with Gasteiger partial charge in [0.25, 0.3) is 0 Å². The van der Waals surface area contributed by atoms with E-state index in [0.29, 0.717) is 17.7 Å². The summed E-state index contributed by atoms with van der Waals surface area (Å²) >= 11 is 1.67. The zero-order valence-electron chi connectivity index (χ0n) is 17.8. The Hall–Kier alpha value is -3.00. The maximum Gasteiger partial charge on any atom is 0.222 e. The van der Waals surface area contributed by atoms with Gasteiger partial charge in [0.1, 0.15) is 11.4 Å². The first-order chi connectivity index (χ1) is 15.2. The number of hydrogen-bond acceptors (Lipinski definition) is 7. The molecule has 0 radical (unpaired) electrons. The van der Waals surface area contributed by atoms with Gasteiger partial charge in [-0.25, -0.2) is 9.97 Å². The summed E-state index contributed by atoms with van der Waals surface area (Å²) in [6.45, 7) is 2.28. The monoisotopic (exact) mass is 434 g/mol. The SMILES string of the molecule is CC(Nc1nc2ccc(Oc3ccnc(-c4ccnn4C)n3)cc2s1)C1CCCCC1. The van der Waals surface area contributed by atoms with E-state index in [1.54, 1.807) is 34.5 Å². The number of nitrogens with zero attached hydrogens (tertiary/aromatic N) is 5. The van der Waals surface area contributed by atoms with Gasteiger partial charge in [0.05, 0.1) is 10.2 Å². The first-order valence-electron chi connectivity index (χ1n) is 10.8. The molecule has 1 aliphatic carbocycles. The molecular weight excluding hydrogens is 408 g/mol. The highest BCUT2D eigenvalue weighted by Crippen LogP contribution is 2.33. The van der Waals surface area contributed by atoms with Crippen LogP contribution in [0.25, 0.3) is 21.7 Å². The Morgan fingerprint density at radius 3 is 2.77 bits per heavy atom. The van der Waals surface area contributed by atoms with Gasteiger partial charge >= 0.3 is 0 Å².